The number of carboxylic acids is 1. The standard InChI is InChI=1S/C13H15IO4/c14-8-5-6-11(9(7-8)13(16)17)18-12-4-2-1-3-10(12)15/h5-7,10,12,15H,1-4H2,(H,16,17). The molecule has 0 bridgehead atoms. The Hall–Kier alpha value is -0.820. The third-order valence-corrected chi connectivity index (χ3v) is 3.79. The summed E-state index contributed by atoms with van der Waals surface area (Å²) in [5, 5.41) is 19.0. The molecule has 1 fully saturated rings. The largest absolute Gasteiger partial charge is 0.487 e. The van der Waals surface area contributed by atoms with E-state index in [9.17, 15) is 9.90 Å². The molecular formula is C13H15IO4. The highest BCUT2D eigenvalue weighted by Crippen LogP contribution is 2.27. The number of aromatic carboxylic acids is 1. The maximum atomic E-state index is 11.2. The van der Waals surface area contributed by atoms with Gasteiger partial charge in [0.2, 0.25) is 0 Å². The lowest BCUT2D eigenvalue weighted by Crippen LogP contribution is -2.35. The molecule has 2 rings (SSSR count). The lowest BCUT2D eigenvalue weighted by Gasteiger charge is -2.28. The minimum atomic E-state index is -1.01. The lowest BCUT2D eigenvalue weighted by atomic mass is 9.95. The molecule has 2 N–H and O–H groups in total. The zero-order chi connectivity index (χ0) is 13.1. The third-order valence-electron chi connectivity index (χ3n) is 3.12. The summed E-state index contributed by atoms with van der Waals surface area (Å²) >= 11 is 2.06. The van der Waals surface area contributed by atoms with Gasteiger partial charge in [0, 0.05) is 3.57 Å². The zero-order valence-corrected chi connectivity index (χ0v) is 12.0. The minimum absolute atomic E-state index is 0.152. The van der Waals surface area contributed by atoms with Crippen LogP contribution in [0.3, 0.4) is 0 Å². The molecule has 1 aliphatic carbocycles. The van der Waals surface area contributed by atoms with Gasteiger partial charge in [-0.1, -0.05) is 6.42 Å². The second-order valence-electron chi connectivity index (χ2n) is 4.45. The number of carboxylic acid groups (broad SMARTS) is 1. The first kappa shape index (κ1) is 13.6. The molecule has 0 aromatic heterocycles. The maximum absolute atomic E-state index is 11.2. The number of aliphatic hydroxyl groups excluding tert-OH is 1. The van der Waals surface area contributed by atoms with Crippen molar-refractivity contribution < 1.29 is 19.7 Å². The number of benzene rings is 1. The number of carbonyl (C=O) groups is 1. The molecule has 1 aromatic rings. The lowest BCUT2D eigenvalue weighted by molar-refractivity contribution is 0.00605. The molecule has 0 heterocycles. The SMILES string of the molecule is O=C(O)c1cc(I)ccc1OC1CCCCC1O. The summed E-state index contributed by atoms with van der Waals surface area (Å²) < 4.78 is 6.53. The van der Waals surface area contributed by atoms with Crippen LogP contribution in [-0.2, 0) is 0 Å². The van der Waals surface area contributed by atoms with Gasteiger partial charge in [-0.3, -0.25) is 0 Å². The highest BCUT2D eigenvalue weighted by Gasteiger charge is 2.26. The van der Waals surface area contributed by atoms with Crippen molar-refractivity contribution in [3.63, 3.8) is 0 Å². The molecule has 1 aliphatic rings. The molecule has 2 unspecified atom stereocenters. The van der Waals surface area contributed by atoms with Gasteiger partial charge in [0.05, 0.1) is 6.10 Å². The van der Waals surface area contributed by atoms with Crippen molar-refractivity contribution in [2.24, 2.45) is 0 Å². The quantitative estimate of drug-likeness (QED) is 0.812. The summed E-state index contributed by atoms with van der Waals surface area (Å²) in [4.78, 5) is 11.2. The number of rotatable bonds is 3. The van der Waals surface area contributed by atoms with Crippen LogP contribution in [0, 0.1) is 3.57 Å². The Morgan fingerprint density at radius 1 is 1.33 bits per heavy atom. The van der Waals surface area contributed by atoms with Crippen molar-refractivity contribution in [1.29, 1.82) is 0 Å². The second-order valence-corrected chi connectivity index (χ2v) is 5.70. The second kappa shape index (κ2) is 5.88. The van der Waals surface area contributed by atoms with Crippen LogP contribution < -0.4 is 4.74 Å². The van der Waals surface area contributed by atoms with E-state index in [1.54, 1.807) is 18.2 Å². The van der Waals surface area contributed by atoms with Crippen molar-refractivity contribution in [2.45, 2.75) is 37.9 Å². The van der Waals surface area contributed by atoms with Crippen LogP contribution in [0.1, 0.15) is 36.0 Å². The molecule has 2 atom stereocenters. The van der Waals surface area contributed by atoms with Gasteiger partial charge in [0.25, 0.3) is 0 Å². The molecule has 0 radical (unpaired) electrons. The van der Waals surface area contributed by atoms with Crippen molar-refractivity contribution in [3.05, 3.63) is 27.3 Å². The van der Waals surface area contributed by atoms with Crippen LogP contribution in [0.2, 0.25) is 0 Å². The van der Waals surface area contributed by atoms with Gasteiger partial charge in [-0.25, -0.2) is 4.79 Å². The zero-order valence-electron chi connectivity index (χ0n) is 9.80. The predicted molar refractivity (Wildman–Crippen MR) is 75.0 cm³/mol. The van der Waals surface area contributed by atoms with E-state index in [-0.39, 0.29) is 11.7 Å². The minimum Gasteiger partial charge on any atom is -0.487 e. The summed E-state index contributed by atoms with van der Waals surface area (Å²) in [6.07, 6.45) is 2.70. The molecule has 18 heavy (non-hydrogen) atoms. The van der Waals surface area contributed by atoms with E-state index in [0.29, 0.717) is 5.75 Å². The summed E-state index contributed by atoms with van der Waals surface area (Å²) in [5.74, 6) is -0.664. The van der Waals surface area contributed by atoms with Gasteiger partial charge in [-0.2, -0.15) is 0 Å². The fourth-order valence-electron chi connectivity index (χ4n) is 2.15. The van der Waals surface area contributed by atoms with Crippen molar-refractivity contribution >= 4 is 28.6 Å². The van der Waals surface area contributed by atoms with Crippen LogP contribution in [0.4, 0.5) is 0 Å². The summed E-state index contributed by atoms with van der Waals surface area (Å²) in [6, 6.07) is 5.04. The average molecular weight is 362 g/mol. The number of halogens is 1. The van der Waals surface area contributed by atoms with Crippen molar-refractivity contribution in [1.82, 2.24) is 0 Å². The van der Waals surface area contributed by atoms with Gasteiger partial charge < -0.3 is 14.9 Å². The van der Waals surface area contributed by atoms with Crippen LogP contribution in [0.25, 0.3) is 0 Å². The average Bonchev–Trinajstić information content (AvgIpc) is 2.34. The summed E-state index contributed by atoms with van der Waals surface area (Å²) in [6.45, 7) is 0. The van der Waals surface area contributed by atoms with E-state index in [4.69, 9.17) is 9.84 Å². The van der Waals surface area contributed by atoms with E-state index in [2.05, 4.69) is 22.6 Å². The van der Waals surface area contributed by atoms with E-state index in [1.807, 2.05) is 0 Å². The number of hydrogen-bond donors (Lipinski definition) is 2. The fourth-order valence-corrected chi connectivity index (χ4v) is 2.64. The molecule has 5 heteroatoms. The monoisotopic (exact) mass is 362 g/mol. The van der Waals surface area contributed by atoms with E-state index in [0.717, 1.165) is 29.3 Å². The predicted octanol–water partition coefficient (Wildman–Crippen LogP) is 2.67. The molecule has 98 valence electrons. The van der Waals surface area contributed by atoms with E-state index in [1.165, 1.54) is 0 Å². The highest BCUT2D eigenvalue weighted by atomic mass is 127. The maximum Gasteiger partial charge on any atom is 0.339 e. The van der Waals surface area contributed by atoms with E-state index < -0.39 is 12.1 Å². The first-order valence-corrected chi connectivity index (χ1v) is 7.03. The molecule has 0 spiro atoms. The molecule has 0 aliphatic heterocycles. The van der Waals surface area contributed by atoms with Gasteiger partial charge in [0.1, 0.15) is 17.4 Å². The molecule has 0 saturated heterocycles. The van der Waals surface area contributed by atoms with Gasteiger partial charge in [0.15, 0.2) is 0 Å². The Morgan fingerprint density at radius 2 is 2.06 bits per heavy atom. The topological polar surface area (TPSA) is 66.8 Å². The van der Waals surface area contributed by atoms with E-state index >= 15 is 0 Å². The van der Waals surface area contributed by atoms with Crippen LogP contribution >= 0.6 is 22.6 Å². The van der Waals surface area contributed by atoms with Crippen LogP contribution in [-0.4, -0.2) is 28.4 Å². The van der Waals surface area contributed by atoms with Crippen LogP contribution in [0.15, 0.2) is 18.2 Å². The number of ether oxygens (including phenoxy) is 1. The molecule has 1 saturated carbocycles. The number of aliphatic hydroxyl groups is 1. The van der Waals surface area contributed by atoms with Gasteiger partial charge in [-0.15, -0.1) is 0 Å². The first-order chi connectivity index (χ1) is 8.58. The Morgan fingerprint density at radius 3 is 2.72 bits per heavy atom. The van der Waals surface area contributed by atoms with Gasteiger partial charge >= 0.3 is 5.97 Å². The van der Waals surface area contributed by atoms with Gasteiger partial charge in [-0.05, 0) is 60.1 Å². The Balaban J connectivity index is 2.20. The summed E-state index contributed by atoms with van der Waals surface area (Å²) in [7, 11) is 0. The van der Waals surface area contributed by atoms with Crippen molar-refractivity contribution in [3.8, 4) is 5.75 Å². The molecule has 1 aromatic carbocycles. The fraction of sp³-hybridized carbons (Fsp3) is 0.462. The normalized spacial score (nSPS) is 23.7. The molecular weight excluding hydrogens is 347 g/mol. The number of hydrogen-bond acceptors (Lipinski definition) is 3. The van der Waals surface area contributed by atoms with Crippen LogP contribution in [0.5, 0.6) is 5.75 Å². The Kier molecular flexibility index (Phi) is 4.45. The smallest absolute Gasteiger partial charge is 0.339 e. The summed E-state index contributed by atoms with van der Waals surface area (Å²) in [5.41, 5.74) is 0.152. The molecule has 0 amide bonds. The third kappa shape index (κ3) is 3.14. The highest BCUT2D eigenvalue weighted by molar-refractivity contribution is 14.1. The first-order valence-electron chi connectivity index (χ1n) is 5.95. The van der Waals surface area contributed by atoms with Crippen molar-refractivity contribution in [2.75, 3.05) is 0 Å². The Bertz CT molecular complexity index is 447. The molecule has 4 nitrogen and oxygen atoms in total. The Labute approximate surface area is 119 Å².